The Kier molecular flexibility index (Phi) is 6.80. The lowest BCUT2D eigenvalue weighted by Gasteiger charge is -2.17. The molecule has 3 rings (SSSR count). The summed E-state index contributed by atoms with van der Waals surface area (Å²) in [4.78, 5) is 25.4. The second-order valence-electron chi connectivity index (χ2n) is 6.97. The van der Waals surface area contributed by atoms with Crippen LogP contribution in [0.25, 0.3) is 0 Å². The summed E-state index contributed by atoms with van der Waals surface area (Å²) >= 11 is 12.0. The van der Waals surface area contributed by atoms with Crippen molar-refractivity contribution in [2.24, 2.45) is 0 Å². The number of aromatic nitrogens is 2. The third-order valence-electron chi connectivity index (χ3n) is 4.75. The number of benzene rings is 2. The SMILES string of the molecule is CCC(C(=O)Nc1cc(Cl)ccc1C)n1ccc(C(=O)Nc2cc(Cl)ccc2C)n1. The first-order chi connectivity index (χ1) is 14.3. The van der Waals surface area contributed by atoms with Gasteiger partial charge in [-0.1, -0.05) is 42.3 Å². The topological polar surface area (TPSA) is 76.0 Å². The highest BCUT2D eigenvalue weighted by Crippen LogP contribution is 2.23. The Morgan fingerprint density at radius 1 is 0.967 bits per heavy atom. The van der Waals surface area contributed by atoms with Crippen LogP contribution in [0.2, 0.25) is 10.0 Å². The van der Waals surface area contributed by atoms with Crippen molar-refractivity contribution in [3.05, 3.63) is 75.5 Å². The summed E-state index contributed by atoms with van der Waals surface area (Å²) in [6.45, 7) is 5.65. The van der Waals surface area contributed by atoms with Crippen molar-refractivity contribution in [1.29, 1.82) is 0 Å². The molecule has 0 aliphatic carbocycles. The molecule has 1 heterocycles. The maximum Gasteiger partial charge on any atom is 0.276 e. The molecule has 2 aromatic carbocycles. The zero-order valence-corrected chi connectivity index (χ0v) is 18.4. The molecule has 6 nitrogen and oxygen atoms in total. The van der Waals surface area contributed by atoms with Gasteiger partial charge in [-0.05, 0) is 61.7 Å². The monoisotopic (exact) mass is 444 g/mol. The highest BCUT2D eigenvalue weighted by Gasteiger charge is 2.22. The number of nitrogens with one attached hydrogen (secondary N) is 2. The molecule has 0 radical (unpaired) electrons. The minimum absolute atomic E-state index is 0.208. The fraction of sp³-hybridized carbons (Fsp3) is 0.227. The van der Waals surface area contributed by atoms with Crippen LogP contribution in [0.15, 0.2) is 48.7 Å². The van der Waals surface area contributed by atoms with Crippen molar-refractivity contribution in [2.75, 3.05) is 10.6 Å². The summed E-state index contributed by atoms with van der Waals surface area (Å²) in [6, 6.07) is 11.6. The van der Waals surface area contributed by atoms with Crippen LogP contribution in [-0.4, -0.2) is 21.6 Å². The van der Waals surface area contributed by atoms with E-state index in [0.717, 1.165) is 11.1 Å². The van der Waals surface area contributed by atoms with E-state index in [2.05, 4.69) is 15.7 Å². The molecule has 1 unspecified atom stereocenters. The standard InChI is InChI=1S/C22H22Cl2N4O2/c1-4-20(22(30)26-19-12-16(24)8-6-14(19)3)28-10-9-17(27-28)21(29)25-18-11-15(23)7-5-13(18)2/h5-12,20H,4H2,1-3H3,(H,25,29)(H,26,30). The van der Waals surface area contributed by atoms with E-state index in [-0.39, 0.29) is 17.5 Å². The molecule has 0 spiro atoms. The van der Waals surface area contributed by atoms with Crippen LogP contribution in [0.1, 0.15) is 41.0 Å². The van der Waals surface area contributed by atoms with Gasteiger partial charge in [0.2, 0.25) is 5.91 Å². The predicted octanol–water partition coefficient (Wildman–Crippen LogP) is 5.65. The Labute approximate surface area is 185 Å². The van der Waals surface area contributed by atoms with E-state index < -0.39 is 6.04 Å². The quantitative estimate of drug-likeness (QED) is 0.515. The zero-order chi connectivity index (χ0) is 21.8. The number of amides is 2. The Morgan fingerprint density at radius 3 is 2.10 bits per heavy atom. The number of aryl methyl sites for hydroxylation is 2. The summed E-state index contributed by atoms with van der Waals surface area (Å²) in [6.07, 6.45) is 2.12. The van der Waals surface area contributed by atoms with Gasteiger partial charge in [0.15, 0.2) is 5.69 Å². The van der Waals surface area contributed by atoms with Crippen molar-refractivity contribution in [3.8, 4) is 0 Å². The number of halogens is 2. The van der Waals surface area contributed by atoms with Crippen LogP contribution in [0.4, 0.5) is 11.4 Å². The zero-order valence-electron chi connectivity index (χ0n) is 16.9. The van der Waals surface area contributed by atoms with Crippen molar-refractivity contribution < 1.29 is 9.59 Å². The number of hydrogen-bond acceptors (Lipinski definition) is 3. The number of hydrogen-bond donors (Lipinski definition) is 2. The van der Waals surface area contributed by atoms with Gasteiger partial charge in [-0.15, -0.1) is 0 Å². The molecule has 0 aliphatic heterocycles. The second kappa shape index (κ2) is 9.32. The van der Waals surface area contributed by atoms with Crippen LogP contribution >= 0.6 is 23.2 Å². The van der Waals surface area contributed by atoms with Crippen LogP contribution in [0.3, 0.4) is 0 Å². The fourth-order valence-corrected chi connectivity index (χ4v) is 3.33. The minimum Gasteiger partial charge on any atom is -0.324 e. The third-order valence-corrected chi connectivity index (χ3v) is 5.23. The Bertz CT molecular complexity index is 1090. The van der Waals surface area contributed by atoms with Gasteiger partial charge in [-0.2, -0.15) is 5.10 Å². The predicted molar refractivity (Wildman–Crippen MR) is 121 cm³/mol. The molecule has 156 valence electrons. The molecule has 1 aromatic heterocycles. The number of rotatable bonds is 6. The largest absolute Gasteiger partial charge is 0.324 e. The third kappa shape index (κ3) is 5.01. The average molecular weight is 445 g/mol. The molecule has 0 aliphatic rings. The molecule has 0 saturated heterocycles. The van der Waals surface area contributed by atoms with Crippen LogP contribution in [-0.2, 0) is 4.79 Å². The van der Waals surface area contributed by atoms with Gasteiger partial charge in [0.05, 0.1) is 0 Å². The summed E-state index contributed by atoms with van der Waals surface area (Å²) < 4.78 is 1.49. The first kappa shape index (κ1) is 21.9. The van der Waals surface area contributed by atoms with Crippen LogP contribution < -0.4 is 10.6 Å². The van der Waals surface area contributed by atoms with E-state index in [1.807, 2.05) is 32.9 Å². The highest BCUT2D eigenvalue weighted by molar-refractivity contribution is 6.31. The van der Waals surface area contributed by atoms with Crippen LogP contribution in [0, 0.1) is 13.8 Å². The molecule has 0 bridgehead atoms. The molecule has 2 N–H and O–H groups in total. The molecular weight excluding hydrogens is 423 g/mol. The number of anilines is 2. The Morgan fingerprint density at radius 2 is 1.53 bits per heavy atom. The smallest absolute Gasteiger partial charge is 0.276 e. The first-order valence-electron chi connectivity index (χ1n) is 9.48. The molecule has 3 aromatic rings. The number of nitrogens with zero attached hydrogens (tertiary/aromatic N) is 2. The Hall–Kier alpha value is -2.83. The van der Waals surface area contributed by atoms with Crippen molar-refractivity contribution in [1.82, 2.24) is 9.78 Å². The summed E-state index contributed by atoms with van der Waals surface area (Å²) in [7, 11) is 0. The van der Waals surface area contributed by atoms with E-state index in [0.29, 0.717) is 27.8 Å². The maximum absolute atomic E-state index is 12.8. The minimum atomic E-state index is -0.571. The van der Waals surface area contributed by atoms with E-state index >= 15 is 0 Å². The summed E-state index contributed by atoms with van der Waals surface area (Å²) in [5.74, 6) is -0.608. The molecule has 0 saturated carbocycles. The van der Waals surface area contributed by atoms with E-state index in [1.54, 1.807) is 36.5 Å². The Balaban J connectivity index is 1.75. The van der Waals surface area contributed by atoms with Gasteiger partial charge < -0.3 is 10.6 Å². The molecule has 8 heteroatoms. The van der Waals surface area contributed by atoms with Crippen LogP contribution in [0.5, 0.6) is 0 Å². The van der Waals surface area contributed by atoms with Gasteiger partial charge in [0.25, 0.3) is 5.91 Å². The summed E-state index contributed by atoms with van der Waals surface area (Å²) in [5, 5.41) is 11.1. The summed E-state index contributed by atoms with van der Waals surface area (Å²) in [5.41, 5.74) is 3.25. The molecular formula is C22H22Cl2N4O2. The number of carbonyl (C=O) groups is 2. The van der Waals surface area contributed by atoms with Crippen molar-refractivity contribution in [2.45, 2.75) is 33.2 Å². The van der Waals surface area contributed by atoms with Crippen molar-refractivity contribution >= 4 is 46.4 Å². The van der Waals surface area contributed by atoms with Gasteiger partial charge >= 0.3 is 0 Å². The van der Waals surface area contributed by atoms with Gasteiger partial charge in [-0.3, -0.25) is 14.3 Å². The lowest BCUT2D eigenvalue weighted by molar-refractivity contribution is -0.119. The molecule has 30 heavy (non-hydrogen) atoms. The van der Waals surface area contributed by atoms with E-state index in [1.165, 1.54) is 4.68 Å². The molecule has 2 amide bonds. The van der Waals surface area contributed by atoms with E-state index in [9.17, 15) is 9.59 Å². The normalized spacial score (nSPS) is 11.8. The van der Waals surface area contributed by atoms with E-state index in [4.69, 9.17) is 23.2 Å². The lowest BCUT2D eigenvalue weighted by Crippen LogP contribution is -2.26. The average Bonchev–Trinajstić information content (AvgIpc) is 3.18. The maximum atomic E-state index is 12.8. The first-order valence-corrected chi connectivity index (χ1v) is 10.2. The lowest BCUT2D eigenvalue weighted by atomic mass is 10.1. The second-order valence-corrected chi connectivity index (χ2v) is 7.84. The molecule has 1 atom stereocenters. The molecule has 0 fully saturated rings. The highest BCUT2D eigenvalue weighted by atomic mass is 35.5. The van der Waals surface area contributed by atoms with Gasteiger partial charge in [0, 0.05) is 27.6 Å². The van der Waals surface area contributed by atoms with Gasteiger partial charge in [-0.25, -0.2) is 0 Å². The number of carbonyl (C=O) groups excluding carboxylic acids is 2. The van der Waals surface area contributed by atoms with Gasteiger partial charge in [0.1, 0.15) is 6.04 Å². The van der Waals surface area contributed by atoms with Crippen molar-refractivity contribution in [3.63, 3.8) is 0 Å². The fourth-order valence-electron chi connectivity index (χ4n) is 2.99.